The first kappa shape index (κ1) is 27.5. The van der Waals surface area contributed by atoms with E-state index in [1.165, 1.54) is 0 Å². The third-order valence-electron chi connectivity index (χ3n) is 7.32. The van der Waals surface area contributed by atoms with E-state index in [1.807, 2.05) is 23.7 Å². The van der Waals surface area contributed by atoms with Gasteiger partial charge in [0.25, 0.3) is 5.91 Å². The SMILES string of the molecule is CCn1c(-c2nc3cc(C(=O)N4CCC(O)C(NC(=O)OC(C)(C)C)C4)cc(OC)c3n2C)cc2ccccc21. The predicted molar refractivity (Wildman–Crippen MR) is 154 cm³/mol. The van der Waals surface area contributed by atoms with Crippen molar-refractivity contribution in [1.29, 1.82) is 0 Å². The highest BCUT2D eigenvalue weighted by molar-refractivity contribution is 6.00. The molecule has 2 N–H and O–H groups in total. The highest BCUT2D eigenvalue weighted by Gasteiger charge is 2.33. The summed E-state index contributed by atoms with van der Waals surface area (Å²) < 4.78 is 15.3. The van der Waals surface area contributed by atoms with Crippen molar-refractivity contribution in [3.63, 3.8) is 0 Å². The molecule has 2 aromatic heterocycles. The molecule has 10 heteroatoms. The van der Waals surface area contributed by atoms with Crippen LogP contribution in [0.25, 0.3) is 33.5 Å². The molecular weight excluding hydrogens is 510 g/mol. The number of imidazole rings is 1. The zero-order chi connectivity index (χ0) is 28.8. The molecule has 1 fully saturated rings. The van der Waals surface area contributed by atoms with Crippen LogP contribution < -0.4 is 10.1 Å². The minimum absolute atomic E-state index is 0.156. The van der Waals surface area contributed by atoms with Crippen molar-refractivity contribution in [3.8, 4) is 17.3 Å². The van der Waals surface area contributed by atoms with E-state index in [2.05, 4.69) is 35.0 Å². The van der Waals surface area contributed by atoms with E-state index in [9.17, 15) is 14.7 Å². The summed E-state index contributed by atoms with van der Waals surface area (Å²) in [7, 11) is 3.53. The van der Waals surface area contributed by atoms with Gasteiger partial charge in [0, 0.05) is 43.1 Å². The Bertz CT molecular complexity index is 1580. The number of carbonyl (C=O) groups is 2. The van der Waals surface area contributed by atoms with Crippen molar-refractivity contribution in [2.24, 2.45) is 7.05 Å². The monoisotopic (exact) mass is 547 g/mol. The molecule has 2 aromatic carbocycles. The number of nitrogens with zero attached hydrogens (tertiary/aromatic N) is 4. The number of aliphatic hydroxyl groups excluding tert-OH is 1. The number of rotatable bonds is 5. The van der Waals surface area contributed by atoms with Crippen LogP contribution in [0.4, 0.5) is 4.79 Å². The number of likely N-dealkylation sites (tertiary alicyclic amines) is 1. The second kappa shape index (κ2) is 10.5. The number of amides is 2. The van der Waals surface area contributed by atoms with Crippen LogP contribution in [0.15, 0.2) is 42.5 Å². The molecule has 1 saturated heterocycles. The Hall–Kier alpha value is -4.05. The van der Waals surface area contributed by atoms with Crippen molar-refractivity contribution in [2.45, 2.75) is 58.4 Å². The molecule has 3 heterocycles. The van der Waals surface area contributed by atoms with Crippen LogP contribution >= 0.6 is 0 Å². The zero-order valence-corrected chi connectivity index (χ0v) is 23.9. The molecule has 1 aliphatic heterocycles. The molecule has 0 saturated carbocycles. The van der Waals surface area contributed by atoms with Crippen LogP contribution in [-0.4, -0.2) is 74.1 Å². The number of nitrogens with one attached hydrogen (secondary N) is 1. The number of methoxy groups -OCH3 is 1. The standard InChI is InChI=1S/C30H37N5O5/c1-7-35-22-11-9-8-10-18(22)15-23(35)27-31-20-14-19(16-25(39-6)26(20)33(27)5)28(37)34-13-12-24(36)21(17-34)32-29(38)40-30(2,3)4/h8-11,14-16,21,24,36H,7,12-13,17H2,1-6H3,(H,32,38). The molecule has 0 aliphatic carbocycles. The number of benzene rings is 2. The summed E-state index contributed by atoms with van der Waals surface area (Å²) in [6.45, 7) is 8.72. The van der Waals surface area contributed by atoms with Crippen molar-refractivity contribution in [1.82, 2.24) is 24.3 Å². The molecular formula is C30H37N5O5. The summed E-state index contributed by atoms with van der Waals surface area (Å²) >= 11 is 0. The normalized spacial score (nSPS) is 17.8. The summed E-state index contributed by atoms with van der Waals surface area (Å²) in [6, 6.07) is 13.2. The van der Waals surface area contributed by atoms with Gasteiger partial charge in [-0.25, -0.2) is 9.78 Å². The Morgan fingerprint density at radius 1 is 1.18 bits per heavy atom. The Morgan fingerprint density at radius 2 is 1.93 bits per heavy atom. The average Bonchev–Trinajstić information content (AvgIpc) is 3.45. The van der Waals surface area contributed by atoms with Gasteiger partial charge in [-0.1, -0.05) is 18.2 Å². The lowest BCUT2D eigenvalue weighted by Gasteiger charge is -2.36. The number of fused-ring (bicyclic) bond motifs is 2. The Morgan fingerprint density at radius 3 is 2.62 bits per heavy atom. The van der Waals surface area contributed by atoms with Gasteiger partial charge in [-0.05, 0) is 58.4 Å². The van der Waals surface area contributed by atoms with Gasteiger partial charge in [0.1, 0.15) is 16.9 Å². The van der Waals surface area contributed by atoms with Gasteiger partial charge >= 0.3 is 6.09 Å². The number of para-hydroxylation sites is 1. The van der Waals surface area contributed by atoms with Crippen LogP contribution in [-0.2, 0) is 18.3 Å². The Kier molecular flexibility index (Phi) is 7.22. The number of carbonyl (C=O) groups excluding carboxylic acids is 2. The van der Waals surface area contributed by atoms with Crippen molar-refractivity contribution in [3.05, 3.63) is 48.0 Å². The lowest BCUT2D eigenvalue weighted by molar-refractivity contribution is 0.0210. The van der Waals surface area contributed by atoms with Crippen LogP contribution in [0.1, 0.15) is 44.5 Å². The molecule has 40 heavy (non-hydrogen) atoms. The fraction of sp³-hybridized carbons (Fsp3) is 0.433. The van der Waals surface area contributed by atoms with Gasteiger partial charge in [-0.2, -0.15) is 0 Å². The average molecular weight is 548 g/mol. The van der Waals surface area contributed by atoms with Gasteiger partial charge in [-0.15, -0.1) is 0 Å². The summed E-state index contributed by atoms with van der Waals surface area (Å²) in [5, 5.41) is 14.4. The van der Waals surface area contributed by atoms with Crippen LogP contribution in [0, 0.1) is 0 Å². The third kappa shape index (κ3) is 5.11. The highest BCUT2D eigenvalue weighted by atomic mass is 16.6. The van der Waals surface area contributed by atoms with E-state index < -0.39 is 23.8 Å². The molecule has 4 aromatic rings. The summed E-state index contributed by atoms with van der Waals surface area (Å²) in [5.41, 5.74) is 3.32. The van der Waals surface area contributed by atoms with E-state index >= 15 is 0 Å². The topological polar surface area (TPSA) is 111 Å². The summed E-state index contributed by atoms with van der Waals surface area (Å²) in [5.74, 6) is 1.10. The van der Waals surface area contributed by atoms with Crippen molar-refractivity contribution >= 4 is 33.9 Å². The number of ether oxygens (including phenoxy) is 2. The molecule has 2 unspecified atom stereocenters. The maximum Gasteiger partial charge on any atom is 0.408 e. The van der Waals surface area contributed by atoms with Gasteiger partial charge in [0.2, 0.25) is 0 Å². The molecule has 10 nitrogen and oxygen atoms in total. The fourth-order valence-corrected chi connectivity index (χ4v) is 5.46. The molecule has 0 bridgehead atoms. The van der Waals surface area contributed by atoms with E-state index in [0.717, 1.165) is 34.5 Å². The second-order valence-electron chi connectivity index (χ2n) is 11.2. The number of piperidine rings is 1. The third-order valence-corrected chi connectivity index (χ3v) is 7.32. The first-order valence-corrected chi connectivity index (χ1v) is 13.6. The van der Waals surface area contributed by atoms with E-state index in [-0.39, 0.29) is 12.5 Å². The van der Waals surface area contributed by atoms with Gasteiger partial charge in [0.15, 0.2) is 5.82 Å². The van der Waals surface area contributed by atoms with Crippen molar-refractivity contribution < 1.29 is 24.2 Å². The number of aliphatic hydroxyl groups is 1. The number of aryl methyl sites for hydroxylation is 2. The van der Waals surface area contributed by atoms with Crippen LogP contribution in [0.5, 0.6) is 5.75 Å². The number of alkyl carbamates (subject to hydrolysis) is 1. The summed E-state index contributed by atoms with van der Waals surface area (Å²) in [4.78, 5) is 32.6. The maximum absolute atomic E-state index is 13.7. The number of aromatic nitrogens is 3. The van der Waals surface area contributed by atoms with Crippen LogP contribution in [0.3, 0.4) is 0 Å². The largest absolute Gasteiger partial charge is 0.494 e. The molecule has 2 amide bonds. The van der Waals surface area contributed by atoms with Gasteiger partial charge in [-0.3, -0.25) is 4.79 Å². The fourth-order valence-electron chi connectivity index (χ4n) is 5.46. The second-order valence-corrected chi connectivity index (χ2v) is 11.2. The zero-order valence-electron chi connectivity index (χ0n) is 23.9. The van der Waals surface area contributed by atoms with Crippen LogP contribution in [0.2, 0.25) is 0 Å². The predicted octanol–water partition coefficient (Wildman–Crippen LogP) is 4.32. The smallest absolute Gasteiger partial charge is 0.408 e. The molecule has 0 radical (unpaired) electrons. The molecule has 5 rings (SSSR count). The highest BCUT2D eigenvalue weighted by Crippen LogP contribution is 2.34. The molecule has 0 spiro atoms. The lowest BCUT2D eigenvalue weighted by Crippen LogP contribution is -2.57. The minimum atomic E-state index is -0.780. The molecule has 2 atom stereocenters. The molecule has 212 valence electrons. The quantitative estimate of drug-likeness (QED) is 0.385. The minimum Gasteiger partial charge on any atom is -0.494 e. The Labute approximate surface area is 233 Å². The molecule has 1 aliphatic rings. The lowest BCUT2D eigenvalue weighted by atomic mass is 10.0. The van der Waals surface area contributed by atoms with E-state index in [1.54, 1.807) is 44.9 Å². The number of hydrogen-bond acceptors (Lipinski definition) is 6. The van der Waals surface area contributed by atoms with Gasteiger partial charge in [0.05, 0.1) is 30.5 Å². The number of hydrogen-bond donors (Lipinski definition) is 2. The van der Waals surface area contributed by atoms with Crippen molar-refractivity contribution in [2.75, 3.05) is 20.2 Å². The van der Waals surface area contributed by atoms with E-state index in [0.29, 0.717) is 29.8 Å². The first-order valence-electron chi connectivity index (χ1n) is 13.6. The van der Waals surface area contributed by atoms with E-state index in [4.69, 9.17) is 14.5 Å². The Balaban J connectivity index is 1.47. The maximum atomic E-state index is 13.7. The summed E-state index contributed by atoms with van der Waals surface area (Å²) in [6.07, 6.45) is -1.07. The van der Waals surface area contributed by atoms with Gasteiger partial charge < -0.3 is 33.9 Å². The first-order chi connectivity index (χ1) is 19.0.